The second-order valence-electron chi connectivity index (χ2n) is 9.95. The van der Waals surface area contributed by atoms with Gasteiger partial charge < -0.3 is 9.72 Å². The van der Waals surface area contributed by atoms with Gasteiger partial charge in [0.15, 0.2) is 0 Å². The van der Waals surface area contributed by atoms with Gasteiger partial charge in [-0.15, -0.1) is 0 Å². The highest BCUT2D eigenvalue weighted by molar-refractivity contribution is 5.85. The molecule has 0 saturated heterocycles. The Morgan fingerprint density at radius 3 is 2.53 bits per heavy atom. The van der Waals surface area contributed by atoms with E-state index < -0.39 is 0 Å². The molecule has 32 heavy (non-hydrogen) atoms. The van der Waals surface area contributed by atoms with Gasteiger partial charge in [-0.25, -0.2) is 9.78 Å². The number of H-pyrrole nitrogens is 1. The molecular formula is C28H44N2O2. The van der Waals surface area contributed by atoms with Gasteiger partial charge in [0.25, 0.3) is 0 Å². The topological polar surface area (TPSA) is 55.0 Å². The average molecular weight is 441 g/mol. The van der Waals surface area contributed by atoms with Crippen LogP contribution in [0.15, 0.2) is 35.1 Å². The number of hydrogen-bond acceptors (Lipinski definition) is 3. The summed E-state index contributed by atoms with van der Waals surface area (Å²) in [5.74, 6) is -0.0925. The lowest BCUT2D eigenvalue weighted by Gasteiger charge is -2.32. The van der Waals surface area contributed by atoms with E-state index >= 15 is 0 Å². The molecule has 0 radical (unpaired) electrons. The summed E-state index contributed by atoms with van der Waals surface area (Å²) in [6.07, 6.45) is 21.6. The van der Waals surface area contributed by atoms with Crippen molar-refractivity contribution in [2.45, 2.75) is 105 Å². The zero-order valence-corrected chi connectivity index (χ0v) is 21.1. The van der Waals surface area contributed by atoms with Crippen molar-refractivity contribution in [3.05, 3.63) is 46.6 Å². The fourth-order valence-corrected chi connectivity index (χ4v) is 4.50. The molecule has 0 fully saturated rings. The van der Waals surface area contributed by atoms with E-state index in [1.807, 2.05) is 6.08 Å². The Morgan fingerprint density at radius 2 is 1.84 bits per heavy atom. The summed E-state index contributed by atoms with van der Waals surface area (Å²) in [6.45, 7) is 11.7. The lowest BCUT2D eigenvalue weighted by molar-refractivity contribution is 0.0484. The average Bonchev–Trinajstić information content (AvgIpc) is 3.20. The predicted molar refractivity (Wildman–Crippen MR) is 135 cm³/mol. The molecule has 0 amide bonds. The number of carbonyl (C=O) groups is 1. The number of carbonyl (C=O) groups excluding carboxylic acids is 1. The standard InChI is InChI=1S/C28H44N2O2/c1-6-7-8-9-10-11-12-13-19-32-27(31)26-29-21-24(30-26)20-22(2)16-17-25-23(3)15-14-18-28(25,4)5/h16-17,20-21H,6-15,18-19H2,1-5H3,(H,29,30)/b17-16+,22-20+. The third-order valence-electron chi connectivity index (χ3n) is 6.46. The maximum absolute atomic E-state index is 12.2. The smallest absolute Gasteiger partial charge is 0.374 e. The molecule has 0 atom stereocenters. The summed E-state index contributed by atoms with van der Waals surface area (Å²) in [4.78, 5) is 19.5. The first-order chi connectivity index (χ1) is 15.3. The van der Waals surface area contributed by atoms with Crippen molar-refractivity contribution >= 4 is 12.0 Å². The number of hydrogen-bond donors (Lipinski definition) is 1. The zero-order valence-electron chi connectivity index (χ0n) is 21.1. The largest absolute Gasteiger partial charge is 0.460 e. The van der Waals surface area contributed by atoms with Gasteiger partial charge in [-0.2, -0.15) is 0 Å². The van der Waals surface area contributed by atoms with Crippen LogP contribution in [0.25, 0.3) is 6.08 Å². The van der Waals surface area contributed by atoms with E-state index in [0.717, 1.165) is 24.1 Å². The predicted octanol–water partition coefficient (Wildman–Crippen LogP) is 8.19. The van der Waals surface area contributed by atoms with Crippen LogP contribution in [0.1, 0.15) is 122 Å². The Hall–Kier alpha value is -2.10. The molecule has 1 aromatic heterocycles. The summed E-state index contributed by atoms with van der Waals surface area (Å²) in [5.41, 5.74) is 5.12. The molecular weight excluding hydrogens is 396 g/mol. The van der Waals surface area contributed by atoms with E-state index in [4.69, 9.17) is 4.74 Å². The Kier molecular flexibility index (Phi) is 11.0. The number of ether oxygens (including phenoxy) is 1. The quantitative estimate of drug-likeness (QED) is 0.191. The van der Waals surface area contributed by atoms with Gasteiger partial charge >= 0.3 is 5.97 Å². The first-order valence-corrected chi connectivity index (χ1v) is 12.6. The Labute approximate surface area is 195 Å². The van der Waals surface area contributed by atoms with Crippen LogP contribution in [0.2, 0.25) is 0 Å². The summed E-state index contributed by atoms with van der Waals surface area (Å²) < 4.78 is 5.38. The lowest BCUT2D eigenvalue weighted by Crippen LogP contribution is -2.19. The summed E-state index contributed by atoms with van der Waals surface area (Å²) >= 11 is 0. The first kappa shape index (κ1) is 26.2. The second kappa shape index (κ2) is 13.4. The third-order valence-corrected chi connectivity index (χ3v) is 6.46. The van der Waals surface area contributed by atoms with Gasteiger partial charge in [-0.1, -0.05) is 83.4 Å². The number of allylic oxidation sites excluding steroid dienone is 5. The summed E-state index contributed by atoms with van der Waals surface area (Å²) in [6, 6.07) is 0. The van der Waals surface area contributed by atoms with Crippen molar-refractivity contribution in [2.75, 3.05) is 6.61 Å². The van der Waals surface area contributed by atoms with E-state index in [1.165, 1.54) is 68.9 Å². The molecule has 1 aliphatic carbocycles. The number of aromatic nitrogens is 2. The maximum atomic E-state index is 12.2. The SMILES string of the molecule is CCCCCCCCCCOC(=O)c1ncc(/C=C(C)/C=C/C2=C(C)CCCC2(C)C)[nH]1. The summed E-state index contributed by atoms with van der Waals surface area (Å²) in [7, 11) is 0. The Bertz CT molecular complexity index is 811. The van der Waals surface area contributed by atoms with Crippen molar-refractivity contribution in [3.63, 3.8) is 0 Å². The Morgan fingerprint density at radius 1 is 1.16 bits per heavy atom. The Balaban J connectivity index is 1.78. The van der Waals surface area contributed by atoms with Crippen LogP contribution in [-0.4, -0.2) is 22.5 Å². The van der Waals surface area contributed by atoms with Gasteiger partial charge in [-0.3, -0.25) is 0 Å². The van der Waals surface area contributed by atoms with Crippen LogP contribution in [-0.2, 0) is 4.74 Å². The van der Waals surface area contributed by atoms with Gasteiger partial charge in [0.1, 0.15) is 0 Å². The molecule has 0 saturated carbocycles. The van der Waals surface area contributed by atoms with E-state index in [9.17, 15) is 4.79 Å². The molecule has 1 N–H and O–H groups in total. The molecule has 0 aliphatic heterocycles. The molecule has 4 heteroatoms. The molecule has 4 nitrogen and oxygen atoms in total. The minimum atomic E-state index is -0.370. The number of unbranched alkanes of at least 4 members (excludes halogenated alkanes) is 7. The van der Waals surface area contributed by atoms with Crippen LogP contribution in [0, 0.1) is 5.41 Å². The van der Waals surface area contributed by atoms with Crippen LogP contribution in [0.3, 0.4) is 0 Å². The van der Waals surface area contributed by atoms with Crippen molar-refractivity contribution in [1.29, 1.82) is 0 Å². The highest BCUT2D eigenvalue weighted by Gasteiger charge is 2.26. The highest BCUT2D eigenvalue weighted by atomic mass is 16.5. The number of nitrogens with zero attached hydrogens (tertiary/aromatic N) is 1. The molecule has 2 rings (SSSR count). The fraction of sp³-hybridized carbons (Fsp3) is 0.643. The molecule has 0 aromatic carbocycles. The van der Waals surface area contributed by atoms with Gasteiger partial charge in [0.05, 0.1) is 18.5 Å². The van der Waals surface area contributed by atoms with E-state index in [2.05, 4.69) is 56.7 Å². The number of aromatic amines is 1. The molecule has 0 unspecified atom stereocenters. The van der Waals surface area contributed by atoms with Gasteiger partial charge in [-0.05, 0) is 62.2 Å². The number of esters is 1. The van der Waals surface area contributed by atoms with Crippen molar-refractivity contribution in [3.8, 4) is 0 Å². The minimum Gasteiger partial charge on any atom is -0.460 e. The van der Waals surface area contributed by atoms with Crippen LogP contribution >= 0.6 is 0 Å². The molecule has 1 aromatic rings. The molecule has 0 bridgehead atoms. The maximum Gasteiger partial charge on any atom is 0.374 e. The number of imidazole rings is 1. The molecule has 1 heterocycles. The van der Waals surface area contributed by atoms with Crippen molar-refractivity contribution in [2.24, 2.45) is 5.41 Å². The molecule has 0 spiro atoms. The van der Waals surface area contributed by atoms with Crippen LogP contribution in [0.5, 0.6) is 0 Å². The van der Waals surface area contributed by atoms with E-state index in [0.29, 0.717) is 6.61 Å². The van der Waals surface area contributed by atoms with Gasteiger partial charge in [0.2, 0.25) is 5.82 Å². The lowest BCUT2D eigenvalue weighted by atomic mass is 9.72. The molecule has 178 valence electrons. The second-order valence-corrected chi connectivity index (χ2v) is 9.95. The normalized spacial score (nSPS) is 16.7. The van der Waals surface area contributed by atoms with E-state index in [-0.39, 0.29) is 17.2 Å². The summed E-state index contributed by atoms with van der Waals surface area (Å²) in [5, 5.41) is 0. The van der Waals surface area contributed by atoms with Crippen LogP contribution in [0.4, 0.5) is 0 Å². The zero-order chi connectivity index (χ0) is 23.4. The highest BCUT2D eigenvalue weighted by Crippen LogP contribution is 2.40. The van der Waals surface area contributed by atoms with Crippen molar-refractivity contribution < 1.29 is 9.53 Å². The monoisotopic (exact) mass is 440 g/mol. The number of nitrogens with one attached hydrogen (secondary N) is 1. The molecule has 1 aliphatic rings. The number of rotatable bonds is 13. The van der Waals surface area contributed by atoms with E-state index in [1.54, 1.807) is 6.20 Å². The van der Waals surface area contributed by atoms with Gasteiger partial charge in [0, 0.05) is 0 Å². The fourth-order valence-electron chi connectivity index (χ4n) is 4.50. The third kappa shape index (κ3) is 8.80. The van der Waals surface area contributed by atoms with Crippen molar-refractivity contribution in [1.82, 2.24) is 9.97 Å². The van der Waals surface area contributed by atoms with Crippen LogP contribution < -0.4 is 0 Å². The first-order valence-electron chi connectivity index (χ1n) is 12.6. The minimum absolute atomic E-state index is 0.235.